The first-order chi connectivity index (χ1) is 13.2. The molecular formula is C21H25ClN2O4. The highest BCUT2D eigenvalue weighted by Crippen LogP contribution is 2.24. The summed E-state index contributed by atoms with van der Waals surface area (Å²) < 4.78 is 4.76. The number of hydrogen-bond donors (Lipinski definition) is 1. The maximum Gasteiger partial charge on any atom is 0.354 e. The third-order valence-electron chi connectivity index (χ3n) is 4.75. The number of halogens is 1. The molecule has 0 aliphatic heterocycles. The van der Waals surface area contributed by atoms with Gasteiger partial charge in [0.05, 0.1) is 23.7 Å². The molecule has 1 amide bonds. The van der Waals surface area contributed by atoms with Gasteiger partial charge in [-0.05, 0) is 44.9 Å². The van der Waals surface area contributed by atoms with Crippen LogP contribution in [0.15, 0.2) is 24.3 Å². The molecule has 150 valence electrons. The zero-order valence-corrected chi connectivity index (χ0v) is 17.5. The van der Waals surface area contributed by atoms with E-state index < -0.39 is 12.0 Å². The number of amides is 1. The van der Waals surface area contributed by atoms with Gasteiger partial charge in [0.2, 0.25) is 0 Å². The molecule has 1 atom stereocenters. The first kappa shape index (κ1) is 21.7. The van der Waals surface area contributed by atoms with Crippen molar-refractivity contribution in [3.05, 3.63) is 57.4 Å². The summed E-state index contributed by atoms with van der Waals surface area (Å²) in [5, 5.41) is 0.343. The molecule has 0 aliphatic carbocycles. The number of rotatable bonds is 7. The number of hydrogen-bond acceptors (Lipinski definition) is 4. The normalized spacial score (nSPS) is 11.8. The zero-order valence-electron chi connectivity index (χ0n) is 16.8. The molecule has 0 bridgehead atoms. The number of carbonyl (C=O) groups is 3. The predicted molar refractivity (Wildman–Crippen MR) is 108 cm³/mol. The van der Waals surface area contributed by atoms with Gasteiger partial charge in [-0.1, -0.05) is 30.7 Å². The number of ketones is 1. The molecule has 1 aromatic heterocycles. The summed E-state index contributed by atoms with van der Waals surface area (Å²) in [5.41, 5.74) is 2.09. The van der Waals surface area contributed by atoms with Crippen LogP contribution in [0.25, 0.3) is 0 Å². The molecule has 1 heterocycles. The van der Waals surface area contributed by atoms with Crippen molar-refractivity contribution in [2.45, 2.75) is 40.2 Å². The predicted octanol–water partition coefficient (Wildman–Crippen LogP) is 4.20. The highest BCUT2D eigenvalue weighted by molar-refractivity contribution is 6.33. The Balaban J connectivity index is 2.41. The summed E-state index contributed by atoms with van der Waals surface area (Å²) in [6.45, 7) is 7.45. The lowest BCUT2D eigenvalue weighted by Gasteiger charge is -2.28. The van der Waals surface area contributed by atoms with Crippen LogP contribution in [-0.2, 0) is 4.74 Å². The molecule has 0 saturated heterocycles. The van der Waals surface area contributed by atoms with Crippen molar-refractivity contribution in [1.82, 2.24) is 9.88 Å². The van der Waals surface area contributed by atoms with E-state index in [9.17, 15) is 14.4 Å². The number of esters is 1. The Hall–Kier alpha value is -2.60. The minimum atomic E-state index is -0.720. The average Bonchev–Trinajstić information content (AvgIpc) is 2.98. The molecule has 7 heteroatoms. The van der Waals surface area contributed by atoms with E-state index >= 15 is 0 Å². The summed E-state index contributed by atoms with van der Waals surface area (Å²) in [7, 11) is 1.29. The van der Waals surface area contributed by atoms with Crippen molar-refractivity contribution in [3.8, 4) is 0 Å². The SMILES string of the molecule is CCCN(C(=O)c1ccccc1Cl)C(C)C(=O)c1c(C)[nH]c(C(=O)OC)c1C. The smallest absolute Gasteiger partial charge is 0.354 e. The largest absolute Gasteiger partial charge is 0.464 e. The molecule has 2 aromatic rings. The molecule has 0 spiro atoms. The van der Waals surface area contributed by atoms with Crippen molar-refractivity contribution in [3.63, 3.8) is 0 Å². The number of aryl methyl sites for hydroxylation is 1. The third kappa shape index (κ3) is 4.12. The van der Waals surface area contributed by atoms with Crippen LogP contribution in [0.5, 0.6) is 0 Å². The minimum Gasteiger partial charge on any atom is -0.464 e. The number of Topliss-reactive ketones (excluding diaryl/α,β-unsaturated/α-hetero) is 1. The van der Waals surface area contributed by atoms with Crippen LogP contribution in [0.2, 0.25) is 5.02 Å². The van der Waals surface area contributed by atoms with Crippen molar-refractivity contribution < 1.29 is 19.1 Å². The lowest BCUT2D eigenvalue weighted by Crippen LogP contribution is -2.44. The summed E-state index contributed by atoms with van der Waals surface area (Å²) in [5.74, 6) is -1.08. The van der Waals surface area contributed by atoms with E-state index in [4.69, 9.17) is 16.3 Å². The third-order valence-corrected chi connectivity index (χ3v) is 5.08. The number of aromatic nitrogens is 1. The lowest BCUT2D eigenvalue weighted by atomic mass is 9.99. The standard InChI is InChI=1S/C21H25ClN2O4/c1-6-11-24(20(26)15-9-7-8-10-16(15)22)14(4)19(25)17-12(2)18(21(27)28-5)23-13(17)3/h7-10,14,23H,6,11H2,1-5H3. The van der Waals surface area contributed by atoms with Crippen molar-refractivity contribution in [2.75, 3.05) is 13.7 Å². The fourth-order valence-corrected chi connectivity index (χ4v) is 3.49. The van der Waals surface area contributed by atoms with Gasteiger partial charge in [0.25, 0.3) is 5.91 Å². The Labute approximate surface area is 169 Å². The van der Waals surface area contributed by atoms with Crippen LogP contribution in [0.4, 0.5) is 0 Å². The monoisotopic (exact) mass is 404 g/mol. The van der Waals surface area contributed by atoms with Gasteiger partial charge in [-0.3, -0.25) is 9.59 Å². The summed E-state index contributed by atoms with van der Waals surface area (Å²) in [6, 6.07) is 6.06. The highest BCUT2D eigenvalue weighted by atomic mass is 35.5. The van der Waals surface area contributed by atoms with Crippen LogP contribution >= 0.6 is 11.6 Å². The maximum absolute atomic E-state index is 13.2. The Kier molecular flexibility index (Phi) is 7.02. The average molecular weight is 405 g/mol. The molecule has 2 rings (SSSR count). The van der Waals surface area contributed by atoms with Crippen LogP contribution < -0.4 is 0 Å². The van der Waals surface area contributed by atoms with Crippen molar-refractivity contribution >= 4 is 29.3 Å². The van der Waals surface area contributed by atoms with E-state index in [1.54, 1.807) is 45.0 Å². The van der Waals surface area contributed by atoms with Gasteiger partial charge < -0.3 is 14.6 Å². The maximum atomic E-state index is 13.2. The molecule has 1 aromatic carbocycles. The fourth-order valence-electron chi connectivity index (χ4n) is 3.28. The Morgan fingerprint density at radius 2 is 1.86 bits per heavy atom. The van der Waals surface area contributed by atoms with Gasteiger partial charge >= 0.3 is 5.97 Å². The fraction of sp³-hybridized carbons (Fsp3) is 0.381. The van der Waals surface area contributed by atoms with Gasteiger partial charge in [-0.25, -0.2) is 4.79 Å². The first-order valence-corrected chi connectivity index (χ1v) is 9.49. The van der Waals surface area contributed by atoms with Gasteiger partial charge in [-0.2, -0.15) is 0 Å². The number of carbonyl (C=O) groups excluding carboxylic acids is 3. The molecule has 0 radical (unpaired) electrons. The number of H-pyrrole nitrogens is 1. The van der Waals surface area contributed by atoms with E-state index in [1.165, 1.54) is 12.0 Å². The Bertz CT molecular complexity index is 904. The van der Waals surface area contributed by atoms with Gasteiger partial charge in [0.1, 0.15) is 5.69 Å². The van der Waals surface area contributed by atoms with Crippen LogP contribution in [0.1, 0.15) is 62.7 Å². The second kappa shape index (κ2) is 9.06. The van der Waals surface area contributed by atoms with Crippen LogP contribution in [-0.4, -0.2) is 47.2 Å². The van der Waals surface area contributed by atoms with E-state index in [0.29, 0.717) is 40.4 Å². The molecular weight excluding hydrogens is 380 g/mol. The molecule has 28 heavy (non-hydrogen) atoms. The molecule has 1 N–H and O–H groups in total. The van der Waals surface area contributed by atoms with E-state index in [2.05, 4.69) is 4.98 Å². The Morgan fingerprint density at radius 3 is 2.43 bits per heavy atom. The molecule has 6 nitrogen and oxygen atoms in total. The number of methoxy groups -OCH3 is 1. The number of aromatic amines is 1. The second-order valence-electron chi connectivity index (χ2n) is 6.64. The number of benzene rings is 1. The zero-order chi connectivity index (χ0) is 21.0. The van der Waals surface area contributed by atoms with E-state index in [0.717, 1.165) is 0 Å². The Morgan fingerprint density at radius 1 is 1.21 bits per heavy atom. The van der Waals surface area contributed by atoms with E-state index in [1.807, 2.05) is 6.92 Å². The quantitative estimate of drug-likeness (QED) is 0.554. The molecule has 0 saturated carbocycles. The summed E-state index contributed by atoms with van der Waals surface area (Å²) in [6.07, 6.45) is 0.687. The topological polar surface area (TPSA) is 79.5 Å². The lowest BCUT2D eigenvalue weighted by molar-refractivity contribution is 0.0592. The van der Waals surface area contributed by atoms with Gasteiger partial charge in [0.15, 0.2) is 5.78 Å². The number of nitrogens with one attached hydrogen (secondary N) is 1. The van der Waals surface area contributed by atoms with Gasteiger partial charge in [0, 0.05) is 17.8 Å². The van der Waals surface area contributed by atoms with Crippen LogP contribution in [0, 0.1) is 13.8 Å². The highest BCUT2D eigenvalue weighted by Gasteiger charge is 2.31. The second-order valence-corrected chi connectivity index (χ2v) is 7.04. The molecule has 1 unspecified atom stereocenters. The van der Waals surface area contributed by atoms with E-state index in [-0.39, 0.29) is 17.4 Å². The van der Waals surface area contributed by atoms with Crippen LogP contribution in [0.3, 0.4) is 0 Å². The molecule has 0 aliphatic rings. The summed E-state index contributed by atoms with van der Waals surface area (Å²) in [4.78, 5) is 42.7. The molecule has 0 fully saturated rings. The van der Waals surface area contributed by atoms with Gasteiger partial charge in [-0.15, -0.1) is 0 Å². The number of ether oxygens (including phenoxy) is 1. The van der Waals surface area contributed by atoms with Crippen molar-refractivity contribution in [1.29, 1.82) is 0 Å². The first-order valence-electron chi connectivity index (χ1n) is 9.11. The minimum absolute atomic E-state index is 0.241. The van der Waals surface area contributed by atoms with Crippen molar-refractivity contribution in [2.24, 2.45) is 0 Å². The number of nitrogens with zero attached hydrogens (tertiary/aromatic N) is 1. The summed E-state index contributed by atoms with van der Waals surface area (Å²) >= 11 is 6.18.